The Balaban J connectivity index is 2.15. The summed E-state index contributed by atoms with van der Waals surface area (Å²) in [5.41, 5.74) is 2.14. The van der Waals surface area contributed by atoms with Gasteiger partial charge in [-0.05, 0) is 54.6 Å². The molecule has 2 nitrogen and oxygen atoms in total. The molecule has 0 saturated heterocycles. The molecule has 1 aromatic rings. The first-order chi connectivity index (χ1) is 15.2. The van der Waals surface area contributed by atoms with Crippen LogP contribution in [0.4, 0.5) is 0 Å². The van der Waals surface area contributed by atoms with Crippen molar-refractivity contribution in [2.75, 3.05) is 5.75 Å². The lowest BCUT2D eigenvalue weighted by atomic mass is 10.0. The van der Waals surface area contributed by atoms with E-state index in [0.717, 1.165) is 24.2 Å². The molecule has 0 aliphatic rings. The molecule has 0 bridgehead atoms. The molecule has 3 heteroatoms. The van der Waals surface area contributed by atoms with E-state index in [-0.39, 0.29) is 0 Å². The van der Waals surface area contributed by atoms with E-state index in [9.17, 15) is 9.66 Å². The zero-order valence-corrected chi connectivity index (χ0v) is 21.5. The average molecular weight is 451 g/mol. The van der Waals surface area contributed by atoms with E-state index in [2.05, 4.69) is 19.9 Å². The summed E-state index contributed by atoms with van der Waals surface area (Å²) in [5, 5.41) is 10.2. The van der Waals surface area contributed by atoms with Crippen molar-refractivity contribution in [3.8, 4) is 5.75 Å². The number of aryl methyl sites for hydroxylation is 1. The smallest absolute Gasteiger partial charge is 0.134 e. The minimum absolute atomic E-state index is 0.305. The summed E-state index contributed by atoms with van der Waals surface area (Å²) in [6, 6.07) is 5.91. The number of aromatic hydroxyl groups is 1. The second-order valence-electron chi connectivity index (χ2n) is 9.30. The lowest BCUT2D eigenvalue weighted by Gasteiger charge is -2.13. The maximum atomic E-state index is 12.5. The van der Waals surface area contributed by atoms with Crippen molar-refractivity contribution in [1.82, 2.24) is 0 Å². The van der Waals surface area contributed by atoms with Gasteiger partial charge in [0.15, 0.2) is 0 Å². The van der Waals surface area contributed by atoms with Crippen LogP contribution in [0.2, 0.25) is 0 Å². The summed E-state index contributed by atoms with van der Waals surface area (Å²) >= 11 is -0.874. The molecule has 1 aromatic carbocycles. The highest BCUT2D eigenvalue weighted by molar-refractivity contribution is 7.90. The SMILES string of the molecule is CCCCCCCCCCCC[S+]([O-])Cc1cc(CCCCCCCCC)ccc1O. The van der Waals surface area contributed by atoms with Gasteiger partial charge in [-0.25, -0.2) is 0 Å². The highest BCUT2D eigenvalue weighted by Crippen LogP contribution is 2.23. The number of hydrogen-bond acceptors (Lipinski definition) is 2. The third kappa shape index (κ3) is 15.7. The largest absolute Gasteiger partial charge is 0.616 e. The van der Waals surface area contributed by atoms with Crippen LogP contribution in [0, 0.1) is 0 Å². The lowest BCUT2D eigenvalue weighted by Crippen LogP contribution is -2.10. The van der Waals surface area contributed by atoms with Gasteiger partial charge in [-0.2, -0.15) is 0 Å². The molecule has 0 spiro atoms. The molecule has 0 amide bonds. The molecule has 0 radical (unpaired) electrons. The van der Waals surface area contributed by atoms with Crippen molar-refractivity contribution in [3.05, 3.63) is 29.3 Å². The van der Waals surface area contributed by atoms with Gasteiger partial charge in [-0.15, -0.1) is 0 Å². The first-order valence-electron chi connectivity index (χ1n) is 13.3. The quantitative estimate of drug-likeness (QED) is 0.150. The molecule has 180 valence electrons. The Bertz CT molecular complexity index is 532. The van der Waals surface area contributed by atoms with Gasteiger partial charge in [0.1, 0.15) is 17.3 Å². The zero-order chi connectivity index (χ0) is 22.6. The van der Waals surface area contributed by atoms with E-state index in [1.807, 2.05) is 6.07 Å². The topological polar surface area (TPSA) is 43.3 Å². The van der Waals surface area contributed by atoms with Crippen molar-refractivity contribution in [1.29, 1.82) is 0 Å². The molecule has 0 aliphatic carbocycles. The Kier molecular flexibility index (Phi) is 18.3. The summed E-state index contributed by atoms with van der Waals surface area (Å²) in [6.45, 7) is 4.52. The predicted octanol–water partition coefficient (Wildman–Crippen LogP) is 8.85. The molecule has 0 aliphatic heterocycles. The van der Waals surface area contributed by atoms with E-state index in [0.29, 0.717) is 11.5 Å². The molecule has 1 N–H and O–H groups in total. The van der Waals surface area contributed by atoms with Crippen LogP contribution in [0.1, 0.15) is 134 Å². The first-order valence-corrected chi connectivity index (χ1v) is 14.8. The Morgan fingerprint density at radius 3 is 1.71 bits per heavy atom. The third-order valence-corrected chi connectivity index (χ3v) is 7.63. The van der Waals surface area contributed by atoms with E-state index in [4.69, 9.17) is 0 Å². The van der Waals surface area contributed by atoms with Gasteiger partial charge in [0, 0.05) is 5.56 Å². The normalized spacial score (nSPS) is 12.4. The first kappa shape index (κ1) is 28.4. The highest BCUT2D eigenvalue weighted by Gasteiger charge is 2.12. The molecule has 0 heterocycles. The Morgan fingerprint density at radius 1 is 0.677 bits per heavy atom. The van der Waals surface area contributed by atoms with Crippen molar-refractivity contribution in [3.63, 3.8) is 0 Å². The van der Waals surface area contributed by atoms with Crippen LogP contribution in [0.15, 0.2) is 18.2 Å². The minimum Gasteiger partial charge on any atom is -0.616 e. The summed E-state index contributed by atoms with van der Waals surface area (Å²) in [6.07, 6.45) is 23.3. The summed E-state index contributed by atoms with van der Waals surface area (Å²) in [5.74, 6) is 1.56. The number of hydrogen-bond donors (Lipinski definition) is 1. The van der Waals surface area contributed by atoms with E-state index in [1.165, 1.54) is 108 Å². The maximum absolute atomic E-state index is 12.5. The van der Waals surface area contributed by atoms with E-state index in [1.54, 1.807) is 6.07 Å². The maximum Gasteiger partial charge on any atom is 0.134 e. The minimum atomic E-state index is -0.874. The lowest BCUT2D eigenvalue weighted by molar-refractivity contribution is 0.469. The fourth-order valence-corrected chi connectivity index (χ4v) is 5.44. The van der Waals surface area contributed by atoms with Crippen molar-refractivity contribution in [2.45, 2.75) is 135 Å². The van der Waals surface area contributed by atoms with Gasteiger partial charge in [0.2, 0.25) is 0 Å². The number of rotatable bonds is 21. The van der Waals surface area contributed by atoms with Gasteiger partial charge >= 0.3 is 0 Å². The highest BCUT2D eigenvalue weighted by atomic mass is 32.2. The molecular formula is C28H50O2S. The standard InChI is InChI=1S/C28H50O2S/c1-3-5-7-9-11-12-13-15-17-19-23-31(30)25-27-24-26(21-22-28(27)29)20-18-16-14-10-8-6-4-2/h21-22,24,29H,3-20,23,25H2,1-2H3. The Hall–Kier alpha value is -0.670. The van der Waals surface area contributed by atoms with Gasteiger partial charge in [0.05, 0.1) is 0 Å². The van der Waals surface area contributed by atoms with Gasteiger partial charge < -0.3 is 9.66 Å². The van der Waals surface area contributed by atoms with Gasteiger partial charge in [-0.1, -0.05) is 110 Å². The molecule has 1 rings (SSSR count). The zero-order valence-electron chi connectivity index (χ0n) is 20.6. The summed E-state index contributed by atoms with van der Waals surface area (Å²) < 4.78 is 12.5. The second-order valence-corrected chi connectivity index (χ2v) is 10.9. The summed E-state index contributed by atoms with van der Waals surface area (Å²) in [4.78, 5) is 0. The van der Waals surface area contributed by atoms with E-state index < -0.39 is 11.2 Å². The molecule has 0 saturated carbocycles. The Morgan fingerprint density at radius 2 is 1.16 bits per heavy atom. The van der Waals surface area contributed by atoms with Crippen molar-refractivity contribution < 1.29 is 9.66 Å². The molecule has 31 heavy (non-hydrogen) atoms. The van der Waals surface area contributed by atoms with Crippen molar-refractivity contribution in [2.24, 2.45) is 0 Å². The van der Waals surface area contributed by atoms with Crippen LogP contribution in [0.5, 0.6) is 5.75 Å². The van der Waals surface area contributed by atoms with Crippen LogP contribution < -0.4 is 0 Å². The van der Waals surface area contributed by atoms with Crippen LogP contribution in [0.25, 0.3) is 0 Å². The van der Waals surface area contributed by atoms with Crippen molar-refractivity contribution >= 4 is 11.2 Å². The van der Waals surface area contributed by atoms with E-state index >= 15 is 0 Å². The molecule has 0 aromatic heterocycles. The fraction of sp³-hybridized carbons (Fsp3) is 0.786. The second kappa shape index (κ2) is 20.0. The Labute approximate surface area is 196 Å². The number of benzene rings is 1. The van der Waals surface area contributed by atoms with Crippen LogP contribution in [-0.4, -0.2) is 15.4 Å². The number of phenols is 1. The molecular weight excluding hydrogens is 400 g/mol. The number of phenolic OH excluding ortho intramolecular Hbond substituents is 1. The van der Waals surface area contributed by atoms with Gasteiger partial charge in [0.25, 0.3) is 0 Å². The van der Waals surface area contributed by atoms with Crippen LogP contribution in [-0.2, 0) is 23.3 Å². The van der Waals surface area contributed by atoms with Gasteiger partial charge in [-0.3, -0.25) is 0 Å². The third-order valence-electron chi connectivity index (χ3n) is 6.25. The van der Waals surface area contributed by atoms with Crippen LogP contribution in [0.3, 0.4) is 0 Å². The molecule has 0 fully saturated rings. The average Bonchev–Trinajstić information content (AvgIpc) is 2.76. The molecule has 1 unspecified atom stereocenters. The fourth-order valence-electron chi connectivity index (χ4n) is 4.19. The predicted molar refractivity (Wildman–Crippen MR) is 138 cm³/mol. The number of unbranched alkanes of at least 4 members (excludes halogenated alkanes) is 15. The van der Waals surface area contributed by atoms with Crippen LogP contribution >= 0.6 is 0 Å². The molecule has 1 atom stereocenters. The summed E-state index contributed by atoms with van der Waals surface area (Å²) in [7, 11) is 0. The monoisotopic (exact) mass is 450 g/mol.